The number of nitrogens with zero attached hydrogens (tertiary/aromatic N) is 1. The van der Waals surface area contributed by atoms with E-state index in [9.17, 15) is 8.42 Å². The van der Waals surface area contributed by atoms with E-state index in [-0.39, 0.29) is 4.90 Å². The summed E-state index contributed by atoms with van der Waals surface area (Å²) in [6.07, 6.45) is 0. The van der Waals surface area contributed by atoms with Crippen LogP contribution in [0.2, 0.25) is 0 Å². The van der Waals surface area contributed by atoms with Gasteiger partial charge in [0.15, 0.2) is 0 Å². The highest BCUT2D eigenvalue weighted by Gasteiger charge is 2.15. The number of nitrogens with two attached hydrogens (primary N) is 1. The maximum absolute atomic E-state index is 11.4. The summed E-state index contributed by atoms with van der Waals surface area (Å²) in [7, 11) is -3.69. The molecular weight excluding hydrogens is 310 g/mol. The Kier molecular flexibility index (Phi) is 3.79. The van der Waals surface area contributed by atoms with Crippen molar-refractivity contribution < 1.29 is 8.42 Å². The third-order valence-corrected chi connectivity index (χ3v) is 4.67. The van der Waals surface area contributed by atoms with Gasteiger partial charge in [0, 0.05) is 16.8 Å². The number of rotatable bonds is 3. The van der Waals surface area contributed by atoms with Gasteiger partial charge >= 0.3 is 0 Å². The number of sulfonamides is 1. The largest absolute Gasteiger partial charge is 0.282 e. The van der Waals surface area contributed by atoms with Gasteiger partial charge in [-0.3, -0.25) is 5.10 Å². The molecule has 2 aromatic carbocycles. The summed E-state index contributed by atoms with van der Waals surface area (Å²) in [6.45, 7) is 4.00. The Balaban J connectivity index is 2.10. The molecule has 0 aliphatic carbocycles. The molecule has 118 valence electrons. The van der Waals surface area contributed by atoms with Crippen LogP contribution in [0.1, 0.15) is 11.3 Å². The van der Waals surface area contributed by atoms with Crippen LogP contribution in [0.25, 0.3) is 22.4 Å². The van der Waals surface area contributed by atoms with Gasteiger partial charge in [0.2, 0.25) is 10.0 Å². The molecule has 23 heavy (non-hydrogen) atoms. The molecule has 0 unspecified atom stereocenters. The molecule has 3 aromatic rings. The Bertz CT molecular complexity index is 941. The molecule has 5 nitrogen and oxygen atoms in total. The van der Waals surface area contributed by atoms with E-state index in [4.69, 9.17) is 5.14 Å². The summed E-state index contributed by atoms with van der Waals surface area (Å²) in [5.74, 6) is 0. The molecule has 0 bridgehead atoms. The zero-order chi connectivity index (χ0) is 16.6. The van der Waals surface area contributed by atoms with Crippen molar-refractivity contribution in [3.63, 3.8) is 0 Å². The molecule has 0 saturated carbocycles. The van der Waals surface area contributed by atoms with Crippen molar-refractivity contribution in [1.82, 2.24) is 10.2 Å². The summed E-state index contributed by atoms with van der Waals surface area (Å²) in [5.41, 5.74) is 5.83. The van der Waals surface area contributed by atoms with E-state index in [1.54, 1.807) is 12.1 Å². The number of nitrogens with one attached hydrogen (secondary N) is 1. The summed E-state index contributed by atoms with van der Waals surface area (Å²) < 4.78 is 22.7. The number of hydrogen-bond acceptors (Lipinski definition) is 3. The van der Waals surface area contributed by atoms with Crippen molar-refractivity contribution in [2.45, 2.75) is 18.7 Å². The average Bonchev–Trinajstić information content (AvgIpc) is 2.89. The van der Waals surface area contributed by atoms with Crippen LogP contribution in [0, 0.1) is 13.8 Å². The van der Waals surface area contributed by atoms with Crippen molar-refractivity contribution in [2.24, 2.45) is 5.14 Å². The zero-order valence-corrected chi connectivity index (χ0v) is 13.7. The summed E-state index contributed by atoms with van der Waals surface area (Å²) in [5, 5.41) is 12.5. The van der Waals surface area contributed by atoms with Gasteiger partial charge in [0.1, 0.15) is 5.69 Å². The summed E-state index contributed by atoms with van der Waals surface area (Å²) in [6, 6.07) is 14.6. The lowest BCUT2D eigenvalue weighted by Crippen LogP contribution is -2.11. The normalized spacial score (nSPS) is 11.6. The minimum Gasteiger partial charge on any atom is -0.282 e. The van der Waals surface area contributed by atoms with Gasteiger partial charge in [-0.05, 0) is 31.5 Å². The molecule has 0 fully saturated rings. The van der Waals surface area contributed by atoms with Crippen LogP contribution in [-0.2, 0) is 10.0 Å². The first kappa shape index (κ1) is 15.5. The maximum Gasteiger partial charge on any atom is 0.238 e. The van der Waals surface area contributed by atoms with Crippen molar-refractivity contribution in [2.75, 3.05) is 0 Å². The van der Waals surface area contributed by atoms with E-state index < -0.39 is 10.0 Å². The monoisotopic (exact) mass is 327 g/mol. The lowest BCUT2D eigenvalue weighted by Gasteiger charge is -2.06. The molecule has 6 heteroatoms. The standard InChI is InChI=1S/C17H17N3O2S/c1-11-3-5-13(6-4-11)16-12(2)19-20-17(16)14-7-9-15(10-8-14)23(18,21)22/h3-10H,1-2H3,(H,19,20)(H2,18,21,22). The number of aryl methyl sites for hydroxylation is 2. The Morgan fingerprint density at radius 1 is 0.913 bits per heavy atom. The van der Waals surface area contributed by atoms with Gasteiger partial charge < -0.3 is 0 Å². The van der Waals surface area contributed by atoms with E-state index in [1.165, 1.54) is 17.7 Å². The predicted octanol–water partition coefficient (Wildman–Crippen LogP) is 3.01. The minimum atomic E-state index is -3.69. The highest BCUT2D eigenvalue weighted by atomic mass is 32.2. The van der Waals surface area contributed by atoms with Crippen molar-refractivity contribution in [1.29, 1.82) is 0 Å². The van der Waals surface area contributed by atoms with Crippen LogP contribution in [0.5, 0.6) is 0 Å². The number of aromatic amines is 1. The highest BCUT2D eigenvalue weighted by molar-refractivity contribution is 7.89. The second-order valence-electron chi connectivity index (χ2n) is 5.51. The molecule has 1 aromatic heterocycles. The van der Waals surface area contributed by atoms with E-state index in [0.717, 1.165) is 28.1 Å². The predicted molar refractivity (Wildman–Crippen MR) is 90.3 cm³/mol. The molecule has 0 spiro atoms. The molecular formula is C17H17N3O2S. The first-order valence-electron chi connectivity index (χ1n) is 7.11. The fraction of sp³-hybridized carbons (Fsp3) is 0.118. The van der Waals surface area contributed by atoms with Gasteiger partial charge in [-0.1, -0.05) is 42.0 Å². The Morgan fingerprint density at radius 3 is 2.04 bits per heavy atom. The number of aromatic nitrogens is 2. The van der Waals surface area contributed by atoms with E-state index in [1.807, 2.05) is 13.8 Å². The number of hydrogen-bond donors (Lipinski definition) is 2. The van der Waals surface area contributed by atoms with E-state index in [0.29, 0.717) is 0 Å². The second kappa shape index (κ2) is 5.64. The fourth-order valence-corrected chi connectivity index (χ4v) is 3.03. The zero-order valence-electron chi connectivity index (χ0n) is 12.9. The van der Waals surface area contributed by atoms with Crippen LogP contribution < -0.4 is 5.14 Å². The van der Waals surface area contributed by atoms with Gasteiger partial charge in [0.25, 0.3) is 0 Å². The SMILES string of the molecule is Cc1ccc(-c2c(-c3ccc(S(N)(=O)=O)cc3)n[nH]c2C)cc1. The van der Waals surface area contributed by atoms with Crippen molar-refractivity contribution in [3.8, 4) is 22.4 Å². The first-order chi connectivity index (χ1) is 10.9. The van der Waals surface area contributed by atoms with Crippen LogP contribution in [0.3, 0.4) is 0 Å². The molecule has 3 rings (SSSR count). The summed E-state index contributed by atoms with van der Waals surface area (Å²) >= 11 is 0. The van der Waals surface area contributed by atoms with Crippen LogP contribution >= 0.6 is 0 Å². The van der Waals surface area contributed by atoms with Gasteiger partial charge in [0.05, 0.1) is 4.90 Å². The van der Waals surface area contributed by atoms with Crippen LogP contribution in [0.15, 0.2) is 53.4 Å². The first-order valence-corrected chi connectivity index (χ1v) is 8.66. The van der Waals surface area contributed by atoms with Gasteiger partial charge in [-0.15, -0.1) is 0 Å². The number of primary sulfonamides is 1. The fourth-order valence-electron chi connectivity index (χ4n) is 2.51. The van der Waals surface area contributed by atoms with Crippen molar-refractivity contribution >= 4 is 10.0 Å². The third kappa shape index (κ3) is 3.04. The van der Waals surface area contributed by atoms with Gasteiger partial charge in [-0.25, -0.2) is 13.6 Å². The number of benzene rings is 2. The second-order valence-corrected chi connectivity index (χ2v) is 7.07. The third-order valence-electron chi connectivity index (χ3n) is 3.74. The quantitative estimate of drug-likeness (QED) is 0.775. The minimum absolute atomic E-state index is 0.0883. The molecule has 1 heterocycles. The maximum atomic E-state index is 11.4. The molecule has 0 radical (unpaired) electrons. The van der Waals surface area contributed by atoms with Crippen LogP contribution in [0.4, 0.5) is 0 Å². The molecule has 0 aliphatic heterocycles. The Labute approximate surface area is 135 Å². The van der Waals surface area contributed by atoms with E-state index in [2.05, 4.69) is 34.5 Å². The topological polar surface area (TPSA) is 88.8 Å². The van der Waals surface area contributed by atoms with Gasteiger partial charge in [-0.2, -0.15) is 5.10 Å². The smallest absolute Gasteiger partial charge is 0.238 e. The average molecular weight is 327 g/mol. The molecule has 3 N–H and O–H groups in total. The highest BCUT2D eigenvalue weighted by Crippen LogP contribution is 2.33. The van der Waals surface area contributed by atoms with Crippen molar-refractivity contribution in [3.05, 3.63) is 59.8 Å². The Morgan fingerprint density at radius 2 is 1.48 bits per heavy atom. The molecule has 0 aliphatic rings. The van der Waals surface area contributed by atoms with Crippen LogP contribution in [-0.4, -0.2) is 18.6 Å². The Hall–Kier alpha value is -2.44. The lowest BCUT2D eigenvalue weighted by molar-refractivity contribution is 0.598. The summed E-state index contributed by atoms with van der Waals surface area (Å²) in [4.78, 5) is 0.0883. The lowest BCUT2D eigenvalue weighted by atomic mass is 9.98. The van der Waals surface area contributed by atoms with E-state index >= 15 is 0 Å². The number of H-pyrrole nitrogens is 1. The molecule has 0 amide bonds. The molecule has 0 saturated heterocycles. The molecule has 0 atom stereocenters.